The number of anilines is 1. The van der Waals surface area contributed by atoms with Crippen LogP contribution in [0, 0.1) is 0 Å². The first kappa shape index (κ1) is 20.2. The number of hydrogen-bond donors (Lipinski definition) is 1. The molecule has 4 aromatic rings. The number of piperidine rings is 1. The first-order valence-corrected chi connectivity index (χ1v) is 12.5. The molecule has 166 valence electrons. The number of aromatic nitrogens is 6. The van der Waals surface area contributed by atoms with Gasteiger partial charge in [0.15, 0.2) is 14.8 Å². The molecule has 1 N–H and O–H groups in total. The molecule has 2 bridgehead atoms. The highest BCUT2D eigenvalue weighted by Crippen LogP contribution is 2.45. The fraction of sp³-hybridized carbons (Fsp3) is 0.500. The van der Waals surface area contributed by atoms with Crippen LogP contribution in [0.1, 0.15) is 39.5 Å². The van der Waals surface area contributed by atoms with Crippen LogP contribution in [0.15, 0.2) is 24.8 Å². The van der Waals surface area contributed by atoms with Crippen LogP contribution in [-0.4, -0.2) is 53.9 Å². The molecule has 0 aromatic carbocycles. The maximum atomic E-state index is 4.94. The predicted octanol–water partition coefficient (Wildman–Crippen LogP) is 4.11. The summed E-state index contributed by atoms with van der Waals surface area (Å²) in [5, 5.41) is 9.98. The molecule has 4 aromatic heterocycles. The maximum absolute atomic E-state index is 4.94. The molecule has 10 heteroatoms. The van der Waals surface area contributed by atoms with Gasteiger partial charge >= 0.3 is 0 Å². The third kappa shape index (κ3) is 3.41. The second-order valence-corrected chi connectivity index (χ2v) is 11.7. The molecular formula is C22H26N8S2. The first-order valence-electron chi connectivity index (χ1n) is 10.9. The number of thiazole rings is 2. The van der Waals surface area contributed by atoms with Gasteiger partial charge in [-0.05, 0) is 39.5 Å². The Morgan fingerprint density at radius 2 is 1.69 bits per heavy atom. The average molecular weight is 467 g/mol. The molecule has 3 atom stereocenters. The molecule has 8 nitrogen and oxygen atoms in total. The molecule has 2 fully saturated rings. The van der Waals surface area contributed by atoms with Crippen molar-refractivity contribution in [3.8, 4) is 22.0 Å². The summed E-state index contributed by atoms with van der Waals surface area (Å²) in [6, 6.07) is 0.499. The van der Waals surface area contributed by atoms with Gasteiger partial charge in [-0.15, -0.1) is 0 Å². The molecule has 0 spiro atoms. The quantitative estimate of drug-likeness (QED) is 0.484. The Morgan fingerprint density at radius 1 is 1.00 bits per heavy atom. The van der Waals surface area contributed by atoms with E-state index >= 15 is 0 Å². The number of aryl methyl sites for hydroxylation is 1. The molecule has 2 aliphatic heterocycles. The van der Waals surface area contributed by atoms with E-state index in [1.807, 2.05) is 13.2 Å². The molecule has 6 heterocycles. The normalized spacial score (nSPS) is 27.3. The summed E-state index contributed by atoms with van der Waals surface area (Å²) in [6.07, 6.45) is 12.1. The molecular weight excluding hydrogens is 440 g/mol. The minimum atomic E-state index is 0.243. The van der Waals surface area contributed by atoms with Crippen molar-refractivity contribution in [3.63, 3.8) is 0 Å². The average Bonchev–Trinajstić information content (AvgIpc) is 3.49. The van der Waals surface area contributed by atoms with Crippen molar-refractivity contribution in [2.75, 3.05) is 11.9 Å². The van der Waals surface area contributed by atoms with Gasteiger partial charge in [0.05, 0.1) is 24.3 Å². The van der Waals surface area contributed by atoms with Crippen LogP contribution in [0.4, 0.5) is 5.13 Å². The Hall–Kier alpha value is -2.43. The van der Waals surface area contributed by atoms with E-state index < -0.39 is 0 Å². The number of nitrogens with zero attached hydrogens (tertiary/aromatic N) is 7. The van der Waals surface area contributed by atoms with E-state index in [2.05, 4.69) is 46.2 Å². The van der Waals surface area contributed by atoms with Crippen LogP contribution >= 0.6 is 22.7 Å². The van der Waals surface area contributed by atoms with Gasteiger partial charge in [-0.1, -0.05) is 22.7 Å². The summed E-state index contributed by atoms with van der Waals surface area (Å²) in [7, 11) is 4.08. The van der Waals surface area contributed by atoms with E-state index in [0.29, 0.717) is 6.04 Å². The number of nitrogens with one attached hydrogen (secondary N) is 1. The Bertz CT molecular complexity index is 1240. The van der Waals surface area contributed by atoms with Gasteiger partial charge in [0.1, 0.15) is 10.7 Å². The molecule has 2 saturated heterocycles. The van der Waals surface area contributed by atoms with Gasteiger partial charge in [0, 0.05) is 43.0 Å². The van der Waals surface area contributed by atoms with Gasteiger partial charge in [-0.25, -0.2) is 15.0 Å². The van der Waals surface area contributed by atoms with Crippen molar-refractivity contribution in [1.82, 2.24) is 35.0 Å². The van der Waals surface area contributed by atoms with E-state index in [1.54, 1.807) is 45.9 Å². The fourth-order valence-electron chi connectivity index (χ4n) is 5.29. The van der Waals surface area contributed by atoms with Crippen molar-refractivity contribution < 1.29 is 0 Å². The number of hydrogen-bond acceptors (Lipinski definition) is 9. The summed E-state index contributed by atoms with van der Waals surface area (Å²) in [6.45, 7) is 4.74. The summed E-state index contributed by atoms with van der Waals surface area (Å²) in [5.74, 6) is 0. The van der Waals surface area contributed by atoms with Crippen LogP contribution in [0.3, 0.4) is 0 Å². The Kier molecular flexibility index (Phi) is 4.44. The highest BCUT2D eigenvalue weighted by molar-refractivity contribution is 7.29. The van der Waals surface area contributed by atoms with E-state index in [-0.39, 0.29) is 11.1 Å². The number of rotatable bonds is 4. The number of fused-ring (bicyclic) bond motifs is 3. The van der Waals surface area contributed by atoms with Crippen LogP contribution < -0.4 is 10.2 Å². The fourth-order valence-corrected chi connectivity index (χ4v) is 7.32. The summed E-state index contributed by atoms with van der Waals surface area (Å²) >= 11 is 3.26. The van der Waals surface area contributed by atoms with E-state index in [1.165, 1.54) is 12.8 Å². The molecule has 0 saturated carbocycles. The molecule has 0 aliphatic carbocycles. The minimum Gasteiger partial charge on any atom is -0.348 e. The lowest BCUT2D eigenvalue weighted by Crippen LogP contribution is -2.58. The van der Waals surface area contributed by atoms with Gasteiger partial charge < -0.3 is 10.2 Å². The standard InChI is InChI=1S/C22H26N8S2/c1-21-5-6-22(2,28-21)8-14(7-21)30(4)20-27-19-18(32-20)26-17(31-19)16-11-23-15(10-24-16)13-9-25-29(3)12-13/h9-12,14,28H,5-8H2,1-4H3/t14-,21-,22+. The Labute approximate surface area is 194 Å². The maximum Gasteiger partial charge on any atom is 0.188 e. The highest BCUT2D eigenvalue weighted by Gasteiger charge is 2.49. The third-order valence-corrected chi connectivity index (χ3v) is 9.03. The van der Waals surface area contributed by atoms with Crippen LogP contribution in [-0.2, 0) is 7.05 Å². The molecule has 0 unspecified atom stereocenters. The van der Waals surface area contributed by atoms with Crippen molar-refractivity contribution in [1.29, 1.82) is 0 Å². The Morgan fingerprint density at radius 3 is 2.31 bits per heavy atom. The van der Waals surface area contributed by atoms with Crippen molar-refractivity contribution in [2.45, 2.75) is 56.7 Å². The van der Waals surface area contributed by atoms with Crippen LogP contribution in [0.5, 0.6) is 0 Å². The zero-order valence-corrected chi connectivity index (χ0v) is 20.3. The highest BCUT2D eigenvalue weighted by atomic mass is 32.1. The van der Waals surface area contributed by atoms with Gasteiger partial charge in [-0.3, -0.25) is 9.67 Å². The van der Waals surface area contributed by atoms with Gasteiger partial charge in [0.25, 0.3) is 0 Å². The lowest BCUT2D eigenvalue weighted by Gasteiger charge is -2.45. The molecule has 0 amide bonds. The SMILES string of the molecule is CN(c1nc2sc(-c3cnc(-c4cnn(C)c4)cn3)nc2s1)[C@H]1C[C@]2(C)CC[C@](C)(C1)N2. The zero-order valence-electron chi connectivity index (χ0n) is 18.7. The van der Waals surface area contributed by atoms with Crippen LogP contribution in [0.2, 0.25) is 0 Å². The van der Waals surface area contributed by atoms with Crippen molar-refractivity contribution in [2.24, 2.45) is 7.05 Å². The zero-order chi connectivity index (χ0) is 22.1. The second kappa shape index (κ2) is 7.03. The summed E-state index contributed by atoms with van der Waals surface area (Å²) in [4.78, 5) is 23.2. The monoisotopic (exact) mass is 466 g/mol. The minimum absolute atomic E-state index is 0.243. The van der Waals surface area contributed by atoms with E-state index in [9.17, 15) is 0 Å². The van der Waals surface area contributed by atoms with Crippen molar-refractivity contribution in [3.05, 3.63) is 24.8 Å². The summed E-state index contributed by atoms with van der Waals surface area (Å²) < 4.78 is 1.76. The van der Waals surface area contributed by atoms with Gasteiger partial charge in [0.2, 0.25) is 0 Å². The topological polar surface area (TPSA) is 84.7 Å². The van der Waals surface area contributed by atoms with E-state index in [0.717, 1.165) is 49.6 Å². The smallest absolute Gasteiger partial charge is 0.188 e. The second-order valence-electron chi connectivity index (χ2n) is 9.73. The first-order chi connectivity index (χ1) is 15.3. The molecule has 6 rings (SSSR count). The predicted molar refractivity (Wildman–Crippen MR) is 129 cm³/mol. The molecule has 0 radical (unpaired) electrons. The van der Waals surface area contributed by atoms with Crippen molar-refractivity contribution >= 4 is 37.5 Å². The van der Waals surface area contributed by atoms with E-state index in [4.69, 9.17) is 9.97 Å². The lowest BCUT2D eigenvalue weighted by atomic mass is 9.84. The molecule has 32 heavy (non-hydrogen) atoms. The third-order valence-electron chi connectivity index (χ3n) is 6.89. The summed E-state index contributed by atoms with van der Waals surface area (Å²) in [5.41, 5.74) is 3.02. The van der Waals surface area contributed by atoms with Gasteiger partial charge in [-0.2, -0.15) is 5.10 Å². The van der Waals surface area contributed by atoms with Crippen LogP contribution in [0.25, 0.3) is 31.6 Å². The largest absolute Gasteiger partial charge is 0.348 e. The lowest BCUT2D eigenvalue weighted by molar-refractivity contribution is 0.208. The Balaban J connectivity index is 1.23. The molecule has 2 aliphatic rings.